The molecule has 0 unspecified atom stereocenters. The quantitative estimate of drug-likeness (QED) is 0.123. The number of rotatable bonds is 20. The highest BCUT2D eigenvalue weighted by atomic mass is 16.6. The normalized spacial score (nSPS) is 10.8. The van der Waals surface area contributed by atoms with E-state index in [2.05, 4.69) is 6.92 Å². The van der Waals surface area contributed by atoms with Crippen molar-refractivity contribution in [2.24, 2.45) is 7.05 Å². The van der Waals surface area contributed by atoms with E-state index < -0.39 is 12.0 Å². The van der Waals surface area contributed by atoms with E-state index in [4.69, 9.17) is 18.9 Å². The highest BCUT2D eigenvalue weighted by Gasteiger charge is 2.22. The van der Waals surface area contributed by atoms with Crippen LogP contribution in [0.5, 0.6) is 17.2 Å². The average molecular weight is 572 g/mol. The number of unbranched alkanes of at least 4 members (excludes halogenated alkanes) is 11. The molecule has 0 fully saturated rings. The van der Waals surface area contributed by atoms with Gasteiger partial charge in [0.15, 0.2) is 23.9 Å². The number of methoxy groups -OCH3 is 2. The smallest absolute Gasteiger partial charge is 0.417 e. The number of benzene rings is 1. The largest absolute Gasteiger partial charge is 0.493 e. The fourth-order valence-corrected chi connectivity index (χ4v) is 4.73. The molecule has 0 bridgehead atoms. The Hall–Kier alpha value is -3.29. The fourth-order valence-electron chi connectivity index (χ4n) is 4.73. The summed E-state index contributed by atoms with van der Waals surface area (Å²) in [6.45, 7) is 4.26. The van der Waals surface area contributed by atoms with Crippen LogP contribution in [0.3, 0.4) is 0 Å². The Morgan fingerprint density at radius 2 is 1.39 bits per heavy atom. The van der Waals surface area contributed by atoms with E-state index >= 15 is 0 Å². The number of hydrogen-bond acceptors (Lipinski definition) is 6. The molecule has 1 aromatic carbocycles. The second-order valence-corrected chi connectivity index (χ2v) is 10.6. The minimum absolute atomic E-state index is 0.0447. The van der Waals surface area contributed by atoms with Gasteiger partial charge in [0.05, 0.1) is 27.4 Å². The van der Waals surface area contributed by atoms with Gasteiger partial charge in [-0.25, -0.2) is 14.3 Å². The second kappa shape index (κ2) is 19.7. The molecular weight excluding hydrogens is 520 g/mol. The van der Waals surface area contributed by atoms with Crippen molar-refractivity contribution in [2.75, 3.05) is 20.8 Å². The summed E-state index contributed by atoms with van der Waals surface area (Å²) in [5, 5.41) is 0. The van der Waals surface area contributed by atoms with Crippen molar-refractivity contribution in [1.29, 1.82) is 0 Å². The molecule has 0 saturated heterocycles. The molecule has 8 nitrogen and oxygen atoms in total. The summed E-state index contributed by atoms with van der Waals surface area (Å²) in [7, 11) is 5.02. The molecule has 1 heterocycles. The van der Waals surface area contributed by atoms with E-state index in [0.29, 0.717) is 29.4 Å². The minimum atomic E-state index is -0.714. The van der Waals surface area contributed by atoms with Crippen molar-refractivity contribution in [2.45, 2.75) is 104 Å². The van der Waals surface area contributed by atoms with Crippen LogP contribution in [0.25, 0.3) is 0 Å². The van der Waals surface area contributed by atoms with Gasteiger partial charge in [-0.1, -0.05) is 77.6 Å². The van der Waals surface area contributed by atoms with Crippen LogP contribution in [0.2, 0.25) is 0 Å². The Kier molecular flexibility index (Phi) is 16.3. The molecule has 0 spiro atoms. The number of pyridine rings is 1. The number of carbonyl (C=O) groups is 2. The lowest BCUT2D eigenvalue weighted by atomic mass is 10.1. The Morgan fingerprint density at radius 1 is 0.829 bits per heavy atom. The summed E-state index contributed by atoms with van der Waals surface area (Å²) in [5.41, 5.74) is 1.49. The molecule has 228 valence electrons. The molecule has 1 aromatic heterocycles. The third-order valence-electron chi connectivity index (χ3n) is 7.07. The summed E-state index contributed by atoms with van der Waals surface area (Å²) in [5.74, 6) is 1.16. The molecule has 0 atom stereocenters. The van der Waals surface area contributed by atoms with Gasteiger partial charge in [0.2, 0.25) is 11.7 Å². The SMILES string of the molecule is CCCCCCCCCCCCCCOc1c(OC)cc(COC(=O)N(Cc2ccc[n+](C)c2)C(C)=O)cc1OC. The third-order valence-corrected chi connectivity index (χ3v) is 7.07. The summed E-state index contributed by atoms with van der Waals surface area (Å²) in [6.07, 6.45) is 18.5. The molecule has 0 aliphatic rings. The summed E-state index contributed by atoms with van der Waals surface area (Å²) in [4.78, 5) is 26.0. The first kappa shape index (κ1) is 33.9. The number of imide groups is 1. The molecule has 0 aliphatic carbocycles. The lowest BCUT2D eigenvalue weighted by Gasteiger charge is -2.19. The number of nitrogens with zero attached hydrogens (tertiary/aromatic N) is 2. The van der Waals surface area contributed by atoms with Gasteiger partial charge in [0, 0.05) is 18.6 Å². The van der Waals surface area contributed by atoms with Gasteiger partial charge in [-0.15, -0.1) is 0 Å². The van der Waals surface area contributed by atoms with Gasteiger partial charge >= 0.3 is 6.09 Å². The zero-order chi connectivity index (χ0) is 29.9. The van der Waals surface area contributed by atoms with Crippen molar-refractivity contribution in [3.8, 4) is 17.2 Å². The molecule has 41 heavy (non-hydrogen) atoms. The standard InChI is InChI=1S/C33H51N2O6/c1-6-7-8-9-10-11-12-13-14-15-16-17-21-40-32-30(38-4)22-29(23-31(32)39-5)26-41-33(37)35(27(2)36)25-28-19-18-20-34(3)24-28/h18-20,22-24H,6-17,21,25-26H2,1-5H3/q+1. The van der Waals surface area contributed by atoms with Crippen LogP contribution in [0.4, 0.5) is 4.79 Å². The van der Waals surface area contributed by atoms with E-state index in [9.17, 15) is 9.59 Å². The van der Waals surface area contributed by atoms with Crippen LogP contribution < -0.4 is 18.8 Å². The summed E-state index contributed by atoms with van der Waals surface area (Å²) < 4.78 is 24.5. The number of aryl methyl sites for hydroxylation is 1. The molecule has 0 saturated carbocycles. The maximum atomic E-state index is 12.8. The van der Waals surface area contributed by atoms with Gasteiger partial charge in [0.25, 0.3) is 0 Å². The molecule has 2 aromatic rings. The van der Waals surface area contributed by atoms with Crippen molar-refractivity contribution in [3.63, 3.8) is 0 Å². The first-order valence-electron chi connectivity index (χ1n) is 15.2. The maximum Gasteiger partial charge on any atom is 0.417 e. The van der Waals surface area contributed by atoms with E-state index in [0.717, 1.165) is 23.3 Å². The predicted octanol–water partition coefficient (Wildman–Crippen LogP) is 7.29. The maximum absolute atomic E-state index is 12.8. The first-order valence-corrected chi connectivity index (χ1v) is 15.2. The topological polar surface area (TPSA) is 78.2 Å². The van der Waals surface area contributed by atoms with Gasteiger partial charge in [-0.05, 0) is 30.2 Å². The molecule has 2 amide bonds. The molecule has 0 aliphatic heterocycles. The Labute approximate surface area is 246 Å². The van der Waals surface area contributed by atoms with E-state index in [-0.39, 0.29) is 13.2 Å². The zero-order valence-corrected chi connectivity index (χ0v) is 25.9. The lowest BCUT2D eigenvalue weighted by molar-refractivity contribution is -0.672. The van der Waals surface area contributed by atoms with Gasteiger partial charge in [-0.3, -0.25) is 4.79 Å². The first-order chi connectivity index (χ1) is 19.9. The average Bonchev–Trinajstić information content (AvgIpc) is 2.96. The van der Waals surface area contributed by atoms with E-state index in [1.165, 1.54) is 71.1 Å². The van der Waals surface area contributed by atoms with Crippen LogP contribution in [0.15, 0.2) is 36.7 Å². The fraction of sp³-hybridized carbons (Fsp3) is 0.606. The molecule has 0 radical (unpaired) electrons. The van der Waals surface area contributed by atoms with Crippen LogP contribution in [0.1, 0.15) is 102 Å². The molecule has 2 rings (SSSR count). The molecule has 8 heteroatoms. The predicted molar refractivity (Wildman–Crippen MR) is 160 cm³/mol. The van der Waals surface area contributed by atoms with Crippen LogP contribution in [-0.2, 0) is 29.7 Å². The van der Waals surface area contributed by atoms with Crippen molar-refractivity contribution < 1.29 is 33.1 Å². The molecular formula is C33H51N2O6+. The number of aromatic nitrogens is 1. The third kappa shape index (κ3) is 12.8. The van der Waals surface area contributed by atoms with Crippen molar-refractivity contribution >= 4 is 12.0 Å². The summed E-state index contributed by atoms with van der Waals surface area (Å²) in [6, 6.07) is 7.25. The second-order valence-electron chi connectivity index (χ2n) is 10.6. The highest BCUT2D eigenvalue weighted by molar-refractivity contribution is 5.90. The zero-order valence-electron chi connectivity index (χ0n) is 25.9. The number of carbonyl (C=O) groups excluding carboxylic acids is 2. The highest BCUT2D eigenvalue weighted by Crippen LogP contribution is 2.39. The summed E-state index contributed by atoms with van der Waals surface area (Å²) >= 11 is 0. The molecule has 0 N–H and O–H groups in total. The number of hydrogen-bond donors (Lipinski definition) is 0. The lowest BCUT2D eigenvalue weighted by Crippen LogP contribution is -2.36. The van der Waals surface area contributed by atoms with E-state index in [1.54, 1.807) is 26.4 Å². The minimum Gasteiger partial charge on any atom is -0.493 e. The van der Waals surface area contributed by atoms with Gasteiger partial charge < -0.3 is 18.9 Å². The van der Waals surface area contributed by atoms with Crippen LogP contribution >= 0.6 is 0 Å². The van der Waals surface area contributed by atoms with Crippen LogP contribution in [0, 0.1) is 0 Å². The monoisotopic (exact) mass is 571 g/mol. The van der Waals surface area contributed by atoms with Crippen molar-refractivity contribution in [1.82, 2.24) is 4.90 Å². The number of ether oxygens (including phenoxy) is 4. The number of amides is 2. The Balaban J connectivity index is 1.80. The van der Waals surface area contributed by atoms with Gasteiger partial charge in [-0.2, -0.15) is 0 Å². The Morgan fingerprint density at radius 3 is 1.90 bits per heavy atom. The van der Waals surface area contributed by atoms with Crippen molar-refractivity contribution in [3.05, 3.63) is 47.8 Å². The Bertz CT molecular complexity index is 1030. The van der Waals surface area contributed by atoms with E-state index in [1.807, 2.05) is 36.1 Å². The van der Waals surface area contributed by atoms with Gasteiger partial charge in [0.1, 0.15) is 13.7 Å². The van der Waals surface area contributed by atoms with Crippen LogP contribution in [-0.4, -0.2) is 37.7 Å².